The van der Waals surface area contributed by atoms with Gasteiger partial charge in [-0.05, 0) is 30.3 Å². The maximum atomic E-state index is 12.3. The summed E-state index contributed by atoms with van der Waals surface area (Å²) < 4.78 is 4.60. The Balaban J connectivity index is 2.34. The number of esters is 1. The number of carbonyl (C=O) groups excluding carboxylic acids is 2. The Labute approximate surface area is 116 Å². The third-order valence-electron chi connectivity index (χ3n) is 2.89. The van der Waals surface area contributed by atoms with E-state index in [0.717, 1.165) is 0 Å². The van der Waals surface area contributed by atoms with Gasteiger partial charge in [-0.25, -0.2) is 4.79 Å². The van der Waals surface area contributed by atoms with Crippen LogP contribution in [0.25, 0.3) is 0 Å². The molecule has 0 aliphatic rings. The van der Waals surface area contributed by atoms with E-state index in [0.29, 0.717) is 28.1 Å². The smallest absolute Gasteiger partial charge is 0.337 e. The predicted molar refractivity (Wildman–Crippen MR) is 76.5 cm³/mol. The summed E-state index contributed by atoms with van der Waals surface area (Å²) in [5.74, 6) is -0.696. The monoisotopic (exact) mass is 270 g/mol. The molecule has 0 unspecified atom stereocenters. The second kappa shape index (κ2) is 5.44. The number of methoxy groups -OCH3 is 1. The van der Waals surface area contributed by atoms with Gasteiger partial charge in [0, 0.05) is 22.5 Å². The summed E-state index contributed by atoms with van der Waals surface area (Å²) in [6.07, 6.45) is 0. The molecule has 0 saturated carbocycles. The Morgan fingerprint density at radius 2 is 1.55 bits per heavy atom. The fraction of sp³-hybridized carbons (Fsp3) is 0.0667. The van der Waals surface area contributed by atoms with E-state index in [1.54, 1.807) is 24.3 Å². The predicted octanol–water partition coefficient (Wildman–Crippen LogP) is 1.87. The van der Waals surface area contributed by atoms with Crippen LogP contribution in [0.3, 0.4) is 0 Å². The lowest BCUT2D eigenvalue weighted by molar-refractivity contribution is 0.0600. The molecule has 0 spiro atoms. The van der Waals surface area contributed by atoms with Crippen molar-refractivity contribution in [3.8, 4) is 0 Å². The first kappa shape index (κ1) is 13.6. The molecule has 0 bridgehead atoms. The molecule has 2 rings (SSSR count). The number of hydrogen-bond donors (Lipinski definition) is 2. The van der Waals surface area contributed by atoms with Gasteiger partial charge in [-0.15, -0.1) is 0 Å². The zero-order chi connectivity index (χ0) is 14.7. The Morgan fingerprint density at radius 1 is 0.950 bits per heavy atom. The number of ketones is 1. The standard InChI is InChI=1S/C15H14N2O3/c1-20-15(19)10-4-2-9(3-5-10)14(18)12-8-11(16)6-7-13(12)17/h2-8H,16-17H2,1H3. The average molecular weight is 270 g/mol. The van der Waals surface area contributed by atoms with Gasteiger partial charge < -0.3 is 16.2 Å². The van der Waals surface area contributed by atoms with E-state index in [2.05, 4.69) is 4.74 Å². The average Bonchev–Trinajstić information content (AvgIpc) is 2.48. The van der Waals surface area contributed by atoms with Gasteiger partial charge in [0.25, 0.3) is 0 Å². The quantitative estimate of drug-likeness (QED) is 0.504. The van der Waals surface area contributed by atoms with E-state index in [1.807, 2.05) is 0 Å². The normalized spacial score (nSPS) is 10.1. The van der Waals surface area contributed by atoms with Gasteiger partial charge in [-0.2, -0.15) is 0 Å². The molecule has 2 aromatic rings. The van der Waals surface area contributed by atoms with Crippen molar-refractivity contribution in [3.63, 3.8) is 0 Å². The van der Waals surface area contributed by atoms with E-state index < -0.39 is 5.97 Å². The number of ether oxygens (including phenoxy) is 1. The van der Waals surface area contributed by atoms with Crippen LogP contribution < -0.4 is 11.5 Å². The number of carbonyl (C=O) groups is 2. The lowest BCUT2D eigenvalue weighted by Gasteiger charge is -2.06. The maximum Gasteiger partial charge on any atom is 0.337 e. The summed E-state index contributed by atoms with van der Waals surface area (Å²) in [6, 6.07) is 10.9. The molecule has 0 saturated heterocycles. The Morgan fingerprint density at radius 3 is 2.15 bits per heavy atom. The minimum absolute atomic E-state index is 0.244. The summed E-state index contributed by atoms with van der Waals surface area (Å²) in [7, 11) is 1.30. The van der Waals surface area contributed by atoms with Crippen LogP contribution in [0.1, 0.15) is 26.3 Å². The van der Waals surface area contributed by atoms with Gasteiger partial charge in [-0.1, -0.05) is 12.1 Å². The SMILES string of the molecule is COC(=O)c1ccc(C(=O)c2cc(N)ccc2N)cc1. The third-order valence-corrected chi connectivity index (χ3v) is 2.89. The highest BCUT2D eigenvalue weighted by Crippen LogP contribution is 2.20. The molecular formula is C15H14N2O3. The van der Waals surface area contributed by atoms with Crippen LogP contribution in [0.5, 0.6) is 0 Å². The zero-order valence-corrected chi connectivity index (χ0v) is 10.9. The van der Waals surface area contributed by atoms with Gasteiger partial charge in [0.1, 0.15) is 0 Å². The van der Waals surface area contributed by atoms with Crippen LogP contribution in [-0.4, -0.2) is 18.9 Å². The van der Waals surface area contributed by atoms with E-state index >= 15 is 0 Å². The van der Waals surface area contributed by atoms with Gasteiger partial charge in [0.15, 0.2) is 5.78 Å². The number of nitrogens with two attached hydrogens (primary N) is 2. The van der Waals surface area contributed by atoms with Gasteiger partial charge in [-0.3, -0.25) is 4.79 Å². The molecule has 20 heavy (non-hydrogen) atoms. The molecule has 0 aliphatic carbocycles. The molecule has 0 fully saturated rings. The van der Waals surface area contributed by atoms with Crippen LogP contribution >= 0.6 is 0 Å². The second-order valence-electron chi connectivity index (χ2n) is 4.24. The van der Waals surface area contributed by atoms with Crippen molar-refractivity contribution in [2.75, 3.05) is 18.6 Å². The van der Waals surface area contributed by atoms with Crippen LogP contribution in [0.4, 0.5) is 11.4 Å². The Bertz CT molecular complexity index is 663. The van der Waals surface area contributed by atoms with Crippen molar-refractivity contribution in [1.82, 2.24) is 0 Å². The second-order valence-corrected chi connectivity index (χ2v) is 4.24. The van der Waals surface area contributed by atoms with Gasteiger partial charge in [0.05, 0.1) is 12.7 Å². The summed E-state index contributed by atoms with van der Waals surface area (Å²) in [4.78, 5) is 23.6. The van der Waals surface area contributed by atoms with Crippen molar-refractivity contribution in [1.29, 1.82) is 0 Å². The molecule has 5 heteroatoms. The molecule has 4 N–H and O–H groups in total. The largest absolute Gasteiger partial charge is 0.465 e. The molecule has 0 aliphatic heterocycles. The first-order chi connectivity index (χ1) is 9.52. The van der Waals surface area contributed by atoms with Crippen LogP contribution in [0.2, 0.25) is 0 Å². The van der Waals surface area contributed by atoms with Crippen molar-refractivity contribution in [2.45, 2.75) is 0 Å². The van der Waals surface area contributed by atoms with Crippen LogP contribution in [-0.2, 0) is 4.74 Å². The van der Waals surface area contributed by atoms with E-state index in [4.69, 9.17) is 11.5 Å². The van der Waals surface area contributed by atoms with Crippen molar-refractivity contribution >= 4 is 23.1 Å². The summed E-state index contributed by atoms with van der Waals surface area (Å²) >= 11 is 0. The highest BCUT2D eigenvalue weighted by molar-refractivity contribution is 6.12. The number of nitrogen functional groups attached to an aromatic ring is 2. The minimum Gasteiger partial charge on any atom is -0.465 e. The Kier molecular flexibility index (Phi) is 3.70. The molecular weight excluding hydrogens is 256 g/mol. The highest BCUT2D eigenvalue weighted by Gasteiger charge is 2.14. The molecule has 0 heterocycles. The van der Waals surface area contributed by atoms with E-state index in [-0.39, 0.29) is 5.78 Å². The summed E-state index contributed by atoms with van der Waals surface area (Å²) in [5.41, 5.74) is 13.4. The van der Waals surface area contributed by atoms with Crippen LogP contribution in [0, 0.1) is 0 Å². The number of hydrogen-bond acceptors (Lipinski definition) is 5. The van der Waals surface area contributed by atoms with Crippen molar-refractivity contribution in [3.05, 3.63) is 59.2 Å². The fourth-order valence-electron chi connectivity index (χ4n) is 1.80. The highest BCUT2D eigenvalue weighted by atomic mass is 16.5. The molecule has 0 atom stereocenters. The van der Waals surface area contributed by atoms with Crippen molar-refractivity contribution < 1.29 is 14.3 Å². The van der Waals surface area contributed by atoms with Gasteiger partial charge in [0.2, 0.25) is 0 Å². The van der Waals surface area contributed by atoms with Crippen LogP contribution in [0.15, 0.2) is 42.5 Å². The lowest BCUT2D eigenvalue weighted by Crippen LogP contribution is -2.07. The first-order valence-electron chi connectivity index (χ1n) is 5.91. The molecule has 0 aromatic heterocycles. The minimum atomic E-state index is -0.451. The lowest BCUT2D eigenvalue weighted by atomic mass is 10.00. The first-order valence-corrected chi connectivity index (χ1v) is 5.91. The summed E-state index contributed by atoms with van der Waals surface area (Å²) in [6.45, 7) is 0. The number of benzene rings is 2. The third kappa shape index (κ3) is 2.61. The van der Waals surface area contributed by atoms with E-state index in [1.165, 1.54) is 25.3 Å². The topological polar surface area (TPSA) is 95.4 Å². The molecule has 0 amide bonds. The fourth-order valence-corrected chi connectivity index (χ4v) is 1.80. The van der Waals surface area contributed by atoms with E-state index in [9.17, 15) is 9.59 Å². The zero-order valence-electron chi connectivity index (χ0n) is 10.9. The number of anilines is 2. The maximum absolute atomic E-state index is 12.3. The molecule has 102 valence electrons. The molecule has 2 aromatic carbocycles. The Hall–Kier alpha value is -2.82. The number of rotatable bonds is 3. The molecule has 0 radical (unpaired) electrons. The van der Waals surface area contributed by atoms with Crippen molar-refractivity contribution in [2.24, 2.45) is 0 Å². The van der Waals surface area contributed by atoms with Gasteiger partial charge >= 0.3 is 5.97 Å². The molecule has 5 nitrogen and oxygen atoms in total. The summed E-state index contributed by atoms with van der Waals surface area (Å²) in [5, 5.41) is 0.